The van der Waals surface area contributed by atoms with E-state index in [4.69, 9.17) is 5.73 Å². The SMILES string of the molecule is C=C(C)CC(C)CCN.CCCCC. The van der Waals surface area contributed by atoms with Crippen LogP contribution in [-0.2, 0) is 0 Å². The third-order valence-corrected chi connectivity index (χ3v) is 2.06. The summed E-state index contributed by atoms with van der Waals surface area (Å²) in [6, 6.07) is 0. The van der Waals surface area contributed by atoms with Crippen LogP contribution < -0.4 is 5.73 Å². The lowest BCUT2D eigenvalue weighted by Crippen LogP contribution is -2.05. The zero-order valence-corrected chi connectivity index (χ0v) is 10.6. The number of rotatable bonds is 6. The van der Waals surface area contributed by atoms with Crippen molar-refractivity contribution in [3.05, 3.63) is 12.2 Å². The number of hydrogen-bond donors (Lipinski definition) is 1. The Bertz CT molecular complexity index is 116. The van der Waals surface area contributed by atoms with E-state index >= 15 is 0 Å². The first kappa shape index (κ1) is 16.1. The van der Waals surface area contributed by atoms with Gasteiger partial charge in [0.05, 0.1) is 0 Å². The molecule has 0 spiro atoms. The maximum atomic E-state index is 5.38. The molecule has 0 saturated heterocycles. The van der Waals surface area contributed by atoms with E-state index in [0.29, 0.717) is 5.92 Å². The Labute approximate surface area is 90.8 Å². The lowest BCUT2D eigenvalue weighted by atomic mass is 10.0. The molecule has 14 heavy (non-hydrogen) atoms. The van der Waals surface area contributed by atoms with Gasteiger partial charge in [0.15, 0.2) is 0 Å². The van der Waals surface area contributed by atoms with E-state index < -0.39 is 0 Å². The standard InChI is InChI=1S/C8H17N.C5H12/c1-7(2)6-8(3)4-5-9;1-3-5-4-2/h8H,1,4-6,9H2,2-3H3;3-5H2,1-2H3. The van der Waals surface area contributed by atoms with Crippen LogP contribution in [0.3, 0.4) is 0 Å². The van der Waals surface area contributed by atoms with Gasteiger partial charge in [0.2, 0.25) is 0 Å². The van der Waals surface area contributed by atoms with Crippen molar-refractivity contribution < 1.29 is 0 Å². The summed E-state index contributed by atoms with van der Waals surface area (Å²) in [6.45, 7) is 13.3. The van der Waals surface area contributed by atoms with Crippen molar-refractivity contribution in [2.75, 3.05) is 6.54 Å². The van der Waals surface area contributed by atoms with Crippen LogP contribution in [0.15, 0.2) is 12.2 Å². The highest BCUT2D eigenvalue weighted by molar-refractivity contribution is 4.89. The van der Waals surface area contributed by atoms with Crippen LogP contribution in [0.1, 0.15) is 59.8 Å². The highest BCUT2D eigenvalue weighted by atomic mass is 14.5. The Hall–Kier alpha value is -0.300. The molecule has 0 rings (SSSR count). The number of unbranched alkanes of at least 4 members (excludes halogenated alkanes) is 2. The van der Waals surface area contributed by atoms with E-state index in [9.17, 15) is 0 Å². The van der Waals surface area contributed by atoms with Gasteiger partial charge in [-0.05, 0) is 32.2 Å². The van der Waals surface area contributed by atoms with Crippen LogP contribution in [-0.4, -0.2) is 6.54 Å². The van der Waals surface area contributed by atoms with Crippen molar-refractivity contribution in [2.45, 2.75) is 59.8 Å². The highest BCUT2D eigenvalue weighted by Crippen LogP contribution is 2.11. The molecule has 0 aliphatic heterocycles. The monoisotopic (exact) mass is 199 g/mol. The van der Waals surface area contributed by atoms with Gasteiger partial charge in [-0.15, -0.1) is 6.58 Å². The van der Waals surface area contributed by atoms with Crippen molar-refractivity contribution in [3.8, 4) is 0 Å². The largest absolute Gasteiger partial charge is 0.330 e. The van der Waals surface area contributed by atoms with Crippen LogP contribution in [0.2, 0.25) is 0 Å². The molecule has 0 heterocycles. The molecule has 0 amide bonds. The Balaban J connectivity index is 0. The summed E-state index contributed by atoms with van der Waals surface area (Å²) in [5, 5.41) is 0. The zero-order valence-electron chi connectivity index (χ0n) is 10.6. The minimum Gasteiger partial charge on any atom is -0.330 e. The molecule has 0 aromatic carbocycles. The van der Waals surface area contributed by atoms with E-state index in [1.165, 1.54) is 24.8 Å². The summed E-state index contributed by atoms with van der Waals surface area (Å²) in [5.74, 6) is 0.715. The fourth-order valence-corrected chi connectivity index (χ4v) is 1.33. The molecule has 0 aromatic heterocycles. The molecule has 1 atom stereocenters. The normalized spacial score (nSPS) is 11.5. The molecule has 0 fully saturated rings. The topological polar surface area (TPSA) is 26.0 Å². The van der Waals surface area contributed by atoms with Gasteiger partial charge in [-0.3, -0.25) is 0 Å². The minimum absolute atomic E-state index is 0.715. The molecular weight excluding hydrogens is 170 g/mol. The molecule has 1 nitrogen and oxygen atoms in total. The van der Waals surface area contributed by atoms with Gasteiger partial charge in [0.25, 0.3) is 0 Å². The molecule has 0 aliphatic carbocycles. The van der Waals surface area contributed by atoms with Crippen molar-refractivity contribution in [3.63, 3.8) is 0 Å². The molecule has 0 radical (unpaired) electrons. The predicted octanol–water partition coefficient (Wildman–Crippen LogP) is 4.13. The second-order valence-electron chi connectivity index (χ2n) is 4.20. The second-order valence-corrected chi connectivity index (χ2v) is 4.20. The molecule has 1 unspecified atom stereocenters. The first-order valence-electron chi connectivity index (χ1n) is 5.92. The molecule has 0 aromatic rings. The van der Waals surface area contributed by atoms with E-state index in [1.807, 2.05) is 0 Å². The minimum atomic E-state index is 0.715. The quantitative estimate of drug-likeness (QED) is 0.639. The van der Waals surface area contributed by atoms with Crippen LogP contribution in [0.4, 0.5) is 0 Å². The second kappa shape index (κ2) is 12.7. The molecule has 0 bridgehead atoms. The maximum Gasteiger partial charge on any atom is -0.00746 e. The maximum absolute atomic E-state index is 5.38. The number of allylic oxidation sites excluding steroid dienone is 1. The highest BCUT2D eigenvalue weighted by Gasteiger charge is 1.98. The third kappa shape index (κ3) is 17.7. The van der Waals surface area contributed by atoms with Gasteiger partial charge in [0.1, 0.15) is 0 Å². The summed E-state index contributed by atoms with van der Waals surface area (Å²) in [6.07, 6.45) is 6.32. The van der Waals surface area contributed by atoms with Crippen molar-refractivity contribution in [2.24, 2.45) is 11.7 Å². The van der Waals surface area contributed by atoms with Crippen molar-refractivity contribution >= 4 is 0 Å². The van der Waals surface area contributed by atoms with Crippen molar-refractivity contribution in [1.82, 2.24) is 0 Å². The van der Waals surface area contributed by atoms with E-state index in [2.05, 4.69) is 34.3 Å². The Morgan fingerprint density at radius 1 is 1.29 bits per heavy atom. The Morgan fingerprint density at radius 2 is 1.79 bits per heavy atom. The van der Waals surface area contributed by atoms with Crippen LogP contribution in [0, 0.1) is 5.92 Å². The lowest BCUT2D eigenvalue weighted by Gasteiger charge is -2.07. The molecular formula is C13H29N. The predicted molar refractivity (Wildman–Crippen MR) is 67.5 cm³/mol. The summed E-state index contributed by atoms with van der Waals surface area (Å²) in [5.41, 5.74) is 6.64. The lowest BCUT2D eigenvalue weighted by molar-refractivity contribution is 0.537. The van der Waals surface area contributed by atoms with E-state index in [0.717, 1.165) is 19.4 Å². The van der Waals surface area contributed by atoms with Crippen LogP contribution in [0.25, 0.3) is 0 Å². The molecule has 0 aliphatic rings. The van der Waals surface area contributed by atoms with Crippen LogP contribution in [0.5, 0.6) is 0 Å². The smallest absolute Gasteiger partial charge is 0.00746 e. The summed E-state index contributed by atoms with van der Waals surface area (Å²) >= 11 is 0. The Morgan fingerprint density at radius 3 is 2.00 bits per heavy atom. The first-order valence-corrected chi connectivity index (χ1v) is 5.92. The van der Waals surface area contributed by atoms with E-state index in [-0.39, 0.29) is 0 Å². The average Bonchev–Trinajstić information content (AvgIpc) is 2.05. The van der Waals surface area contributed by atoms with E-state index in [1.54, 1.807) is 0 Å². The van der Waals surface area contributed by atoms with Gasteiger partial charge in [0, 0.05) is 0 Å². The number of nitrogens with two attached hydrogens (primary N) is 1. The fraction of sp³-hybridized carbons (Fsp3) is 0.846. The summed E-state index contributed by atoms with van der Waals surface area (Å²) in [7, 11) is 0. The fourth-order valence-electron chi connectivity index (χ4n) is 1.33. The average molecular weight is 199 g/mol. The van der Waals surface area contributed by atoms with Crippen molar-refractivity contribution in [1.29, 1.82) is 0 Å². The van der Waals surface area contributed by atoms with Gasteiger partial charge in [-0.2, -0.15) is 0 Å². The molecule has 0 saturated carbocycles. The summed E-state index contributed by atoms with van der Waals surface area (Å²) < 4.78 is 0. The van der Waals surface area contributed by atoms with Gasteiger partial charge in [-0.25, -0.2) is 0 Å². The summed E-state index contributed by atoms with van der Waals surface area (Å²) in [4.78, 5) is 0. The van der Waals surface area contributed by atoms with Gasteiger partial charge >= 0.3 is 0 Å². The van der Waals surface area contributed by atoms with Crippen LogP contribution >= 0.6 is 0 Å². The Kier molecular flexibility index (Phi) is 14.6. The zero-order chi connectivity index (χ0) is 11.4. The third-order valence-electron chi connectivity index (χ3n) is 2.06. The van der Waals surface area contributed by atoms with Gasteiger partial charge < -0.3 is 5.73 Å². The molecule has 1 heteroatoms. The molecule has 86 valence electrons. The van der Waals surface area contributed by atoms with Gasteiger partial charge in [-0.1, -0.05) is 45.6 Å². The first-order chi connectivity index (χ1) is 6.58. The molecule has 2 N–H and O–H groups in total. The number of hydrogen-bond acceptors (Lipinski definition) is 1.